The second-order valence-corrected chi connectivity index (χ2v) is 9.40. The number of esters is 1. The summed E-state index contributed by atoms with van der Waals surface area (Å²) in [5, 5.41) is 3.54. The Hall–Kier alpha value is -2.29. The van der Waals surface area contributed by atoms with Gasteiger partial charge < -0.3 is 10.1 Å². The molecule has 1 N–H and O–H groups in total. The summed E-state index contributed by atoms with van der Waals surface area (Å²) in [5.74, 6) is -0.212. The van der Waals surface area contributed by atoms with E-state index >= 15 is 0 Å². The van der Waals surface area contributed by atoms with Crippen LogP contribution < -0.4 is 5.32 Å². The number of methoxy groups -OCH3 is 1. The van der Waals surface area contributed by atoms with Crippen LogP contribution in [-0.2, 0) is 33.3 Å². The lowest BCUT2D eigenvalue weighted by molar-refractivity contribution is -0.139. The van der Waals surface area contributed by atoms with Gasteiger partial charge >= 0.3 is 5.97 Å². The number of benzene rings is 2. The second-order valence-electron chi connectivity index (χ2n) is 9.40. The Labute approximate surface area is 169 Å². The first-order valence-corrected chi connectivity index (χ1v) is 10.2. The van der Waals surface area contributed by atoms with E-state index in [1.165, 1.54) is 42.2 Å². The van der Waals surface area contributed by atoms with Crippen molar-refractivity contribution >= 4 is 11.7 Å². The normalized spacial score (nSPS) is 16.9. The molecule has 0 saturated carbocycles. The minimum Gasteiger partial charge on any atom is -0.469 e. The Morgan fingerprint density at radius 2 is 1.57 bits per heavy atom. The molecule has 28 heavy (non-hydrogen) atoms. The van der Waals surface area contributed by atoms with E-state index in [0.717, 1.165) is 17.8 Å². The van der Waals surface area contributed by atoms with Crippen LogP contribution in [0.2, 0.25) is 0 Å². The van der Waals surface area contributed by atoms with Gasteiger partial charge in [-0.2, -0.15) is 0 Å². The Morgan fingerprint density at radius 1 is 1.00 bits per heavy atom. The molecule has 0 atom stereocenters. The number of nitrogens with one attached hydrogen (secondary N) is 1. The number of hydrogen-bond acceptors (Lipinski definition) is 3. The SMILES string of the molecule is COC(=O)Cc1ccc(NCc2cc3c(cc2C)C(C)(C)CCC3(C)C)cc1. The molecule has 0 unspecified atom stereocenters. The van der Waals surface area contributed by atoms with Crippen LogP contribution in [0.1, 0.15) is 68.4 Å². The summed E-state index contributed by atoms with van der Waals surface area (Å²) in [6.45, 7) is 12.5. The highest BCUT2D eigenvalue weighted by molar-refractivity contribution is 5.72. The van der Waals surface area contributed by atoms with E-state index in [9.17, 15) is 4.79 Å². The van der Waals surface area contributed by atoms with Gasteiger partial charge in [-0.25, -0.2) is 0 Å². The van der Waals surface area contributed by atoms with Crippen LogP contribution in [0.15, 0.2) is 36.4 Å². The summed E-state index contributed by atoms with van der Waals surface area (Å²) in [7, 11) is 1.42. The van der Waals surface area contributed by atoms with Crippen LogP contribution in [0.3, 0.4) is 0 Å². The zero-order valence-electron chi connectivity index (χ0n) is 18.1. The molecule has 0 saturated heterocycles. The van der Waals surface area contributed by atoms with Crippen molar-refractivity contribution < 1.29 is 9.53 Å². The van der Waals surface area contributed by atoms with Gasteiger partial charge in [0.15, 0.2) is 0 Å². The monoisotopic (exact) mass is 379 g/mol. The van der Waals surface area contributed by atoms with Crippen molar-refractivity contribution in [1.29, 1.82) is 0 Å². The molecule has 3 nitrogen and oxygen atoms in total. The Balaban J connectivity index is 1.77. The van der Waals surface area contributed by atoms with Crippen molar-refractivity contribution in [2.75, 3.05) is 12.4 Å². The van der Waals surface area contributed by atoms with Crippen molar-refractivity contribution in [3.05, 3.63) is 64.2 Å². The molecule has 2 aromatic rings. The highest BCUT2D eigenvalue weighted by Crippen LogP contribution is 2.46. The Bertz CT molecular complexity index is 863. The van der Waals surface area contributed by atoms with E-state index in [0.29, 0.717) is 6.42 Å². The van der Waals surface area contributed by atoms with Gasteiger partial charge in [0.1, 0.15) is 0 Å². The molecule has 0 amide bonds. The number of rotatable bonds is 5. The van der Waals surface area contributed by atoms with Gasteiger partial charge in [0.2, 0.25) is 0 Å². The van der Waals surface area contributed by atoms with Gasteiger partial charge in [-0.3, -0.25) is 4.79 Å². The fourth-order valence-electron chi connectivity index (χ4n) is 4.13. The quantitative estimate of drug-likeness (QED) is 0.680. The first-order valence-electron chi connectivity index (χ1n) is 10.2. The molecule has 0 spiro atoms. The third-order valence-electron chi connectivity index (χ3n) is 6.32. The summed E-state index contributed by atoms with van der Waals surface area (Å²) < 4.78 is 4.73. The minimum absolute atomic E-state index is 0.212. The number of hydrogen-bond donors (Lipinski definition) is 1. The van der Waals surface area contributed by atoms with Gasteiger partial charge in [-0.1, -0.05) is 52.0 Å². The van der Waals surface area contributed by atoms with Crippen LogP contribution >= 0.6 is 0 Å². The molecular weight excluding hydrogens is 346 g/mol. The van der Waals surface area contributed by atoms with E-state index in [1.807, 2.05) is 24.3 Å². The maximum atomic E-state index is 11.4. The number of ether oxygens (including phenoxy) is 1. The molecule has 0 bridgehead atoms. The molecule has 3 rings (SSSR count). The van der Waals surface area contributed by atoms with Crippen LogP contribution in [0.5, 0.6) is 0 Å². The number of aryl methyl sites for hydroxylation is 1. The van der Waals surface area contributed by atoms with Crippen molar-refractivity contribution in [3.63, 3.8) is 0 Å². The minimum atomic E-state index is -0.212. The predicted molar refractivity (Wildman–Crippen MR) is 116 cm³/mol. The maximum absolute atomic E-state index is 11.4. The molecule has 0 aliphatic heterocycles. The Morgan fingerprint density at radius 3 is 2.14 bits per heavy atom. The lowest BCUT2D eigenvalue weighted by Gasteiger charge is -2.42. The number of carbonyl (C=O) groups is 1. The summed E-state index contributed by atoms with van der Waals surface area (Å²) in [6.07, 6.45) is 2.78. The van der Waals surface area contributed by atoms with Crippen molar-refractivity contribution in [3.8, 4) is 0 Å². The molecule has 0 radical (unpaired) electrons. The smallest absolute Gasteiger partial charge is 0.309 e. The lowest BCUT2D eigenvalue weighted by Crippen LogP contribution is -2.34. The molecule has 3 heteroatoms. The van der Waals surface area contributed by atoms with Crippen molar-refractivity contribution in [1.82, 2.24) is 0 Å². The van der Waals surface area contributed by atoms with Crippen molar-refractivity contribution in [2.45, 2.75) is 71.3 Å². The lowest BCUT2D eigenvalue weighted by atomic mass is 9.62. The van der Waals surface area contributed by atoms with Crippen molar-refractivity contribution in [2.24, 2.45) is 0 Å². The topological polar surface area (TPSA) is 38.3 Å². The van der Waals surface area contributed by atoms with Crippen LogP contribution in [0.4, 0.5) is 5.69 Å². The summed E-state index contributed by atoms with van der Waals surface area (Å²) in [4.78, 5) is 11.4. The zero-order chi connectivity index (χ0) is 20.5. The fraction of sp³-hybridized carbons (Fsp3) is 0.480. The van der Waals surface area contributed by atoms with E-state index in [4.69, 9.17) is 4.74 Å². The van der Waals surface area contributed by atoms with Gasteiger partial charge in [0, 0.05) is 12.2 Å². The number of anilines is 1. The molecule has 2 aromatic carbocycles. The Kier molecular flexibility index (Phi) is 5.56. The summed E-state index contributed by atoms with van der Waals surface area (Å²) in [5.41, 5.74) is 8.20. The zero-order valence-corrected chi connectivity index (χ0v) is 18.1. The molecule has 1 aliphatic carbocycles. The molecule has 1 aliphatic rings. The maximum Gasteiger partial charge on any atom is 0.309 e. The highest BCUT2D eigenvalue weighted by atomic mass is 16.5. The van der Waals surface area contributed by atoms with E-state index < -0.39 is 0 Å². The average molecular weight is 380 g/mol. The summed E-state index contributed by atoms with van der Waals surface area (Å²) in [6, 6.07) is 12.8. The number of fused-ring (bicyclic) bond motifs is 1. The average Bonchev–Trinajstić information content (AvgIpc) is 2.65. The largest absolute Gasteiger partial charge is 0.469 e. The number of carbonyl (C=O) groups excluding carboxylic acids is 1. The first-order chi connectivity index (χ1) is 13.1. The molecule has 0 aromatic heterocycles. The third kappa shape index (κ3) is 4.24. The van der Waals surface area contributed by atoms with Crippen LogP contribution in [-0.4, -0.2) is 13.1 Å². The summed E-state index contributed by atoms with van der Waals surface area (Å²) >= 11 is 0. The van der Waals surface area contributed by atoms with Gasteiger partial charge in [0.05, 0.1) is 13.5 Å². The molecule has 0 heterocycles. The molecule has 150 valence electrons. The van der Waals surface area contributed by atoms with Gasteiger partial charge in [-0.15, -0.1) is 0 Å². The van der Waals surface area contributed by atoms with E-state index in [1.54, 1.807) is 0 Å². The standard InChI is InChI=1S/C25H33NO2/c1-17-13-21-22(25(4,5)12-11-24(21,2)3)15-19(17)16-26-20-9-7-18(8-10-20)14-23(27)28-6/h7-10,13,15,26H,11-12,14,16H2,1-6H3. The fourth-order valence-corrected chi connectivity index (χ4v) is 4.13. The van der Waals surface area contributed by atoms with Gasteiger partial charge in [0.25, 0.3) is 0 Å². The van der Waals surface area contributed by atoms with Gasteiger partial charge in [-0.05, 0) is 70.5 Å². The third-order valence-corrected chi connectivity index (χ3v) is 6.32. The van der Waals surface area contributed by atoms with E-state index in [2.05, 4.69) is 52.1 Å². The highest BCUT2D eigenvalue weighted by Gasteiger charge is 2.37. The van der Waals surface area contributed by atoms with Crippen LogP contribution in [0.25, 0.3) is 0 Å². The molecule has 0 fully saturated rings. The van der Waals surface area contributed by atoms with E-state index in [-0.39, 0.29) is 16.8 Å². The van der Waals surface area contributed by atoms with Crippen LogP contribution in [0, 0.1) is 6.92 Å². The molecular formula is C25H33NO2. The second kappa shape index (κ2) is 7.62. The first kappa shape index (κ1) is 20.4. The predicted octanol–water partition coefficient (Wildman–Crippen LogP) is 5.67.